The predicted molar refractivity (Wildman–Crippen MR) is 49.7 cm³/mol. The normalized spacial score (nSPS) is 9.76. The molecule has 100 valence electrons. The fourth-order valence-corrected chi connectivity index (χ4v) is 0.529. The summed E-state index contributed by atoms with van der Waals surface area (Å²) in [6.45, 7) is 2.71. The van der Waals surface area contributed by atoms with Crippen molar-refractivity contribution in [3.8, 4) is 0 Å². The van der Waals surface area contributed by atoms with Crippen LogP contribution in [0.4, 0.5) is 13.2 Å². The maximum atomic E-state index is 11.2. The highest BCUT2D eigenvalue weighted by molar-refractivity contribution is 6.63. The maximum absolute atomic E-state index is 11.2. The Kier molecular flexibility index (Phi) is 9.35. The van der Waals surface area contributed by atoms with Gasteiger partial charge in [-0.25, -0.2) is 19.4 Å². The number of carbonyl (C=O) groups is 3. The third-order valence-electron chi connectivity index (χ3n) is 0.913. The van der Waals surface area contributed by atoms with Crippen molar-refractivity contribution in [3.05, 3.63) is 0 Å². The molecule has 0 unspecified atom stereocenters. The Labute approximate surface area is 99.7 Å². The van der Waals surface area contributed by atoms with Gasteiger partial charge in [-0.15, -0.1) is 0 Å². The van der Waals surface area contributed by atoms with E-state index in [1.54, 1.807) is 0 Å². The minimum Gasteiger partial charge on any atom is -0.281 e. The van der Waals surface area contributed by atoms with Crippen molar-refractivity contribution in [2.75, 3.05) is 0 Å². The molecule has 0 aromatic carbocycles. The smallest absolute Gasteiger partial charge is 0.281 e. The molecule has 0 spiro atoms. The molecule has 0 atom stereocenters. The topological polar surface area (TPSA) is 69.7 Å². The SMILES string of the molecule is CC(=O)OOC(=O)C(F)(F)F.CCCC(=O)Cl. The molecule has 0 amide bonds. The van der Waals surface area contributed by atoms with Crippen LogP contribution in [0.3, 0.4) is 0 Å². The molecule has 0 heterocycles. The van der Waals surface area contributed by atoms with Gasteiger partial charge in [0.15, 0.2) is 0 Å². The highest BCUT2D eigenvalue weighted by atomic mass is 35.5. The Balaban J connectivity index is 0. The van der Waals surface area contributed by atoms with Gasteiger partial charge >= 0.3 is 18.1 Å². The molecule has 17 heavy (non-hydrogen) atoms. The van der Waals surface area contributed by atoms with Crippen molar-refractivity contribution in [2.45, 2.75) is 32.9 Å². The molecule has 0 aliphatic rings. The van der Waals surface area contributed by atoms with E-state index in [1.165, 1.54) is 0 Å². The number of halogens is 4. The van der Waals surface area contributed by atoms with Crippen LogP contribution in [-0.4, -0.2) is 23.4 Å². The van der Waals surface area contributed by atoms with Gasteiger partial charge in [0.2, 0.25) is 5.24 Å². The molecule has 0 aromatic rings. The minimum absolute atomic E-state index is 0.238. The summed E-state index contributed by atoms with van der Waals surface area (Å²) < 4.78 is 33.7. The number of rotatable bonds is 2. The molecule has 9 heteroatoms. The highest BCUT2D eigenvalue weighted by Crippen LogP contribution is 2.16. The van der Waals surface area contributed by atoms with E-state index in [0.29, 0.717) is 6.42 Å². The molecule has 0 N–H and O–H groups in total. The molecule has 0 rings (SSSR count). The molecular weight excluding hydrogens is 269 g/mol. The van der Waals surface area contributed by atoms with Crippen molar-refractivity contribution in [3.63, 3.8) is 0 Å². The second-order valence-corrected chi connectivity index (χ2v) is 2.97. The Hall–Kier alpha value is -1.31. The van der Waals surface area contributed by atoms with Crippen LogP contribution in [0.2, 0.25) is 0 Å². The third-order valence-corrected chi connectivity index (χ3v) is 1.10. The zero-order valence-corrected chi connectivity index (χ0v) is 9.72. The van der Waals surface area contributed by atoms with Crippen LogP contribution in [0.5, 0.6) is 0 Å². The van der Waals surface area contributed by atoms with Gasteiger partial charge in [0.25, 0.3) is 0 Å². The third kappa shape index (κ3) is 14.7. The summed E-state index contributed by atoms with van der Waals surface area (Å²) in [7, 11) is 0. The zero-order valence-electron chi connectivity index (χ0n) is 8.97. The van der Waals surface area contributed by atoms with E-state index in [-0.39, 0.29) is 5.24 Å². The second-order valence-electron chi connectivity index (χ2n) is 2.55. The summed E-state index contributed by atoms with van der Waals surface area (Å²) in [5.41, 5.74) is 0. The van der Waals surface area contributed by atoms with E-state index in [2.05, 4.69) is 9.78 Å². The molecule has 5 nitrogen and oxygen atoms in total. The fourth-order valence-electron chi connectivity index (χ4n) is 0.340. The lowest BCUT2D eigenvalue weighted by atomic mass is 10.4. The Morgan fingerprint density at radius 1 is 1.18 bits per heavy atom. The molecule has 0 saturated heterocycles. The molecule has 0 bridgehead atoms. The van der Waals surface area contributed by atoms with E-state index < -0.39 is 18.1 Å². The van der Waals surface area contributed by atoms with Gasteiger partial charge in [-0.05, 0) is 18.0 Å². The standard InChI is InChI=1S/C4H7ClO.C4H3F3O4/c1-2-3-4(5)6;1-2(8)10-11-3(9)4(5,6)7/h2-3H2,1H3;1H3. The van der Waals surface area contributed by atoms with E-state index in [4.69, 9.17) is 11.6 Å². The quantitative estimate of drug-likeness (QED) is 0.440. The second kappa shape index (κ2) is 8.80. The van der Waals surface area contributed by atoms with Crippen LogP contribution in [0.15, 0.2) is 0 Å². The first kappa shape index (κ1) is 18.1. The van der Waals surface area contributed by atoms with Gasteiger partial charge < -0.3 is 0 Å². The van der Waals surface area contributed by atoms with Crippen molar-refractivity contribution in [2.24, 2.45) is 0 Å². The monoisotopic (exact) mass is 278 g/mol. The van der Waals surface area contributed by atoms with Crippen molar-refractivity contribution >= 4 is 28.8 Å². The molecule has 0 saturated carbocycles. The number of alkyl halides is 3. The summed E-state index contributed by atoms with van der Waals surface area (Å²) in [6, 6.07) is 0. The van der Waals surface area contributed by atoms with Crippen LogP contribution in [-0.2, 0) is 24.2 Å². The van der Waals surface area contributed by atoms with Crippen molar-refractivity contribution in [1.82, 2.24) is 0 Å². The average Bonchev–Trinajstić information content (AvgIpc) is 2.13. The minimum atomic E-state index is -5.14. The summed E-state index contributed by atoms with van der Waals surface area (Å²) >= 11 is 4.94. The first-order chi connectivity index (χ1) is 7.61. The fraction of sp³-hybridized carbons (Fsp3) is 0.625. The van der Waals surface area contributed by atoms with Crippen LogP contribution < -0.4 is 0 Å². The van der Waals surface area contributed by atoms with Crippen LogP contribution in [0.1, 0.15) is 26.7 Å². The van der Waals surface area contributed by atoms with E-state index >= 15 is 0 Å². The number of carbonyl (C=O) groups excluding carboxylic acids is 3. The van der Waals surface area contributed by atoms with Gasteiger partial charge in [0, 0.05) is 13.3 Å². The van der Waals surface area contributed by atoms with Crippen molar-refractivity contribution < 1.29 is 37.3 Å². The predicted octanol–water partition coefficient (Wildman–Crippen LogP) is 2.12. The largest absolute Gasteiger partial charge is 0.495 e. The first-order valence-corrected chi connectivity index (χ1v) is 4.63. The van der Waals surface area contributed by atoms with E-state index in [0.717, 1.165) is 13.3 Å². The first-order valence-electron chi connectivity index (χ1n) is 4.25. The molecule has 0 aliphatic heterocycles. The van der Waals surface area contributed by atoms with E-state index in [1.807, 2.05) is 6.92 Å². The summed E-state index contributed by atoms with van der Waals surface area (Å²) in [6.07, 6.45) is -3.79. The molecule has 0 aliphatic carbocycles. The summed E-state index contributed by atoms with van der Waals surface area (Å²) in [5, 5.41) is -0.238. The summed E-state index contributed by atoms with van der Waals surface area (Å²) in [4.78, 5) is 35.7. The highest BCUT2D eigenvalue weighted by Gasteiger charge is 2.42. The van der Waals surface area contributed by atoms with Gasteiger partial charge in [-0.3, -0.25) is 4.79 Å². The van der Waals surface area contributed by atoms with Crippen LogP contribution in [0.25, 0.3) is 0 Å². The summed E-state index contributed by atoms with van der Waals surface area (Å²) in [5.74, 6) is -3.70. The lowest BCUT2D eigenvalue weighted by molar-refractivity contribution is -0.284. The van der Waals surface area contributed by atoms with Crippen LogP contribution >= 0.6 is 11.6 Å². The lowest BCUT2D eigenvalue weighted by Gasteiger charge is -2.02. The Bertz CT molecular complexity index is 277. The maximum Gasteiger partial charge on any atom is 0.495 e. The average molecular weight is 279 g/mol. The Morgan fingerprint density at radius 3 is 1.82 bits per heavy atom. The molecule has 0 fully saturated rings. The van der Waals surface area contributed by atoms with Crippen LogP contribution in [0, 0.1) is 0 Å². The van der Waals surface area contributed by atoms with E-state index in [9.17, 15) is 27.6 Å². The van der Waals surface area contributed by atoms with Gasteiger partial charge in [0.1, 0.15) is 0 Å². The number of hydrogen-bond acceptors (Lipinski definition) is 5. The molecule has 0 aromatic heterocycles. The van der Waals surface area contributed by atoms with Gasteiger partial charge in [-0.2, -0.15) is 13.2 Å². The van der Waals surface area contributed by atoms with Gasteiger partial charge in [0.05, 0.1) is 0 Å². The number of hydrogen-bond donors (Lipinski definition) is 0. The lowest BCUT2D eigenvalue weighted by Crippen LogP contribution is -2.26. The molecule has 0 radical (unpaired) electrons. The van der Waals surface area contributed by atoms with Gasteiger partial charge in [-0.1, -0.05) is 6.92 Å². The zero-order chi connectivity index (χ0) is 14.1. The Morgan fingerprint density at radius 2 is 1.65 bits per heavy atom. The molecular formula is C8H10ClF3O5. The van der Waals surface area contributed by atoms with Crippen molar-refractivity contribution in [1.29, 1.82) is 0 Å².